The third kappa shape index (κ3) is 2.45. The van der Waals surface area contributed by atoms with Gasteiger partial charge in [-0.2, -0.15) is 0 Å². The lowest BCUT2D eigenvalue weighted by Crippen LogP contribution is -1.89. The van der Waals surface area contributed by atoms with E-state index < -0.39 is 0 Å². The summed E-state index contributed by atoms with van der Waals surface area (Å²) in [5.74, 6) is 0.610. The molecule has 0 fully saturated rings. The number of nitrogen functional groups attached to an aromatic ring is 1. The standard InChI is InChI=1S/C16H13FN2O2/c1-20-13-4-2-3-11(9-13)14-15(19-21-16(14)18)10-5-7-12(17)8-6-10/h2-9H,18H2,1H3. The minimum atomic E-state index is -0.307. The number of ether oxygens (including phenoxy) is 1. The van der Waals surface area contributed by atoms with E-state index in [0.29, 0.717) is 17.0 Å². The van der Waals surface area contributed by atoms with Gasteiger partial charge >= 0.3 is 0 Å². The summed E-state index contributed by atoms with van der Waals surface area (Å²) in [5.41, 5.74) is 8.68. The molecule has 0 bridgehead atoms. The molecule has 0 amide bonds. The smallest absolute Gasteiger partial charge is 0.230 e. The maximum absolute atomic E-state index is 13.0. The van der Waals surface area contributed by atoms with Crippen LogP contribution in [0, 0.1) is 5.82 Å². The summed E-state index contributed by atoms with van der Waals surface area (Å²) in [7, 11) is 1.59. The molecular weight excluding hydrogens is 271 g/mol. The van der Waals surface area contributed by atoms with Gasteiger partial charge in [-0.1, -0.05) is 17.3 Å². The number of nitrogens with two attached hydrogens (primary N) is 1. The van der Waals surface area contributed by atoms with Crippen LogP contribution in [0.1, 0.15) is 0 Å². The first kappa shape index (κ1) is 13.2. The van der Waals surface area contributed by atoms with E-state index >= 15 is 0 Å². The number of methoxy groups -OCH3 is 1. The van der Waals surface area contributed by atoms with Gasteiger partial charge in [0.25, 0.3) is 0 Å². The van der Waals surface area contributed by atoms with Crippen LogP contribution >= 0.6 is 0 Å². The Morgan fingerprint density at radius 1 is 1.10 bits per heavy atom. The van der Waals surface area contributed by atoms with Crippen molar-refractivity contribution in [1.82, 2.24) is 5.16 Å². The summed E-state index contributed by atoms with van der Waals surface area (Å²) in [6, 6.07) is 13.4. The van der Waals surface area contributed by atoms with Crippen molar-refractivity contribution in [2.75, 3.05) is 12.8 Å². The van der Waals surface area contributed by atoms with Gasteiger partial charge < -0.3 is 15.0 Å². The molecular formula is C16H13FN2O2. The molecule has 0 unspecified atom stereocenters. The SMILES string of the molecule is COc1cccc(-c2c(-c3ccc(F)cc3)noc2N)c1. The molecule has 4 nitrogen and oxygen atoms in total. The minimum Gasteiger partial charge on any atom is -0.497 e. The van der Waals surface area contributed by atoms with E-state index in [1.54, 1.807) is 19.2 Å². The Morgan fingerprint density at radius 2 is 1.86 bits per heavy atom. The highest BCUT2D eigenvalue weighted by molar-refractivity contribution is 5.87. The van der Waals surface area contributed by atoms with Crippen LogP contribution in [0.5, 0.6) is 5.75 Å². The van der Waals surface area contributed by atoms with Crippen LogP contribution < -0.4 is 10.5 Å². The van der Waals surface area contributed by atoms with Crippen molar-refractivity contribution in [1.29, 1.82) is 0 Å². The highest BCUT2D eigenvalue weighted by Gasteiger charge is 2.17. The average molecular weight is 284 g/mol. The maximum atomic E-state index is 13.0. The molecule has 106 valence electrons. The zero-order chi connectivity index (χ0) is 14.8. The lowest BCUT2D eigenvalue weighted by molar-refractivity contribution is 0.415. The fourth-order valence-electron chi connectivity index (χ4n) is 2.17. The molecule has 3 rings (SSSR count). The predicted octanol–water partition coefficient (Wildman–Crippen LogP) is 3.74. The second-order valence-electron chi connectivity index (χ2n) is 4.51. The van der Waals surface area contributed by atoms with Crippen LogP contribution in [0.3, 0.4) is 0 Å². The van der Waals surface area contributed by atoms with Crippen molar-refractivity contribution >= 4 is 5.88 Å². The van der Waals surface area contributed by atoms with E-state index in [9.17, 15) is 4.39 Å². The molecule has 2 N–H and O–H groups in total. The number of hydrogen-bond acceptors (Lipinski definition) is 4. The summed E-state index contributed by atoms with van der Waals surface area (Å²) in [4.78, 5) is 0. The van der Waals surface area contributed by atoms with E-state index in [4.69, 9.17) is 15.0 Å². The first-order valence-electron chi connectivity index (χ1n) is 6.34. The van der Waals surface area contributed by atoms with Crippen LogP contribution in [0.2, 0.25) is 0 Å². The van der Waals surface area contributed by atoms with Gasteiger partial charge in [-0.15, -0.1) is 0 Å². The summed E-state index contributed by atoms with van der Waals surface area (Å²) < 4.78 is 23.4. The molecule has 0 radical (unpaired) electrons. The molecule has 2 aromatic carbocycles. The van der Waals surface area contributed by atoms with Crippen molar-refractivity contribution in [3.05, 3.63) is 54.3 Å². The van der Waals surface area contributed by atoms with Crippen LogP contribution in [0.4, 0.5) is 10.3 Å². The first-order valence-corrected chi connectivity index (χ1v) is 6.34. The zero-order valence-electron chi connectivity index (χ0n) is 11.3. The summed E-state index contributed by atoms with van der Waals surface area (Å²) in [6.07, 6.45) is 0. The molecule has 3 aromatic rings. The molecule has 1 aromatic heterocycles. The fourth-order valence-corrected chi connectivity index (χ4v) is 2.17. The number of benzene rings is 2. The van der Waals surface area contributed by atoms with Crippen LogP contribution in [-0.2, 0) is 0 Å². The number of halogens is 1. The number of anilines is 1. The Labute approximate surface area is 120 Å². The molecule has 0 aliphatic heterocycles. The second kappa shape index (κ2) is 5.28. The van der Waals surface area contributed by atoms with Gasteiger partial charge in [0.1, 0.15) is 17.3 Å². The van der Waals surface area contributed by atoms with Gasteiger partial charge in [0.05, 0.1) is 12.7 Å². The quantitative estimate of drug-likeness (QED) is 0.796. The normalized spacial score (nSPS) is 10.6. The number of nitrogens with zero attached hydrogens (tertiary/aromatic N) is 1. The summed E-state index contributed by atoms with van der Waals surface area (Å²) >= 11 is 0. The fraction of sp³-hybridized carbons (Fsp3) is 0.0625. The van der Waals surface area contributed by atoms with Crippen molar-refractivity contribution in [3.8, 4) is 28.1 Å². The third-order valence-electron chi connectivity index (χ3n) is 3.19. The topological polar surface area (TPSA) is 61.3 Å². The van der Waals surface area contributed by atoms with Gasteiger partial charge in [-0.05, 0) is 42.0 Å². The van der Waals surface area contributed by atoms with Gasteiger partial charge in [0.2, 0.25) is 5.88 Å². The highest BCUT2D eigenvalue weighted by atomic mass is 19.1. The highest BCUT2D eigenvalue weighted by Crippen LogP contribution is 2.37. The molecule has 0 saturated heterocycles. The number of hydrogen-bond donors (Lipinski definition) is 1. The van der Waals surface area contributed by atoms with Crippen molar-refractivity contribution in [3.63, 3.8) is 0 Å². The van der Waals surface area contributed by atoms with Crippen molar-refractivity contribution in [2.45, 2.75) is 0 Å². The molecule has 0 spiro atoms. The van der Waals surface area contributed by atoms with E-state index in [1.807, 2.05) is 24.3 Å². The lowest BCUT2D eigenvalue weighted by Gasteiger charge is -2.05. The Bertz CT molecular complexity index is 766. The van der Waals surface area contributed by atoms with E-state index in [0.717, 1.165) is 11.1 Å². The van der Waals surface area contributed by atoms with E-state index in [1.165, 1.54) is 12.1 Å². The van der Waals surface area contributed by atoms with Crippen LogP contribution in [0.25, 0.3) is 22.4 Å². The summed E-state index contributed by atoms with van der Waals surface area (Å²) in [5, 5.41) is 3.98. The first-order chi connectivity index (χ1) is 10.2. The van der Waals surface area contributed by atoms with Gasteiger partial charge in [-0.25, -0.2) is 4.39 Å². The zero-order valence-corrected chi connectivity index (χ0v) is 11.3. The molecule has 0 aliphatic rings. The number of aromatic nitrogens is 1. The molecule has 0 aliphatic carbocycles. The maximum Gasteiger partial charge on any atom is 0.230 e. The predicted molar refractivity (Wildman–Crippen MR) is 78.3 cm³/mol. The second-order valence-corrected chi connectivity index (χ2v) is 4.51. The van der Waals surface area contributed by atoms with Crippen molar-refractivity contribution in [2.24, 2.45) is 0 Å². The molecule has 1 heterocycles. The Morgan fingerprint density at radius 3 is 2.57 bits per heavy atom. The van der Waals surface area contributed by atoms with E-state index in [-0.39, 0.29) is 11.7 Å². The van der Waals surface area contributed by atoms with Gasteiger partial charge in [0, 0.05) is 5.56 Å². The lowest BCUT2D eigenvalue weighted by atomic mass is 10.0. The van der Waals surface area contributed by atoms with Gasteiger partial charge in [0.15, 0.2) is 0 Å². The monoisotopic (exact) mass is 284 g/mol. The Kier molecular flexibility index (Phi) is 3.31. The van der Waals surface area contributed by atoms with E-state index in [2.05, 4.69) is 5.16 Å². The Balaban J connectivity index is 2.14. The molecule has 0 saturated carbocycles. The van der Waals surface area contributed by atoms with Gasteiger partial charge in [-0.3, -0.25) is 0 Å². The molecule has 5 heteroatoms. The van der Waals surface area contributed by atoms with Crippen LogP contribution in [0.15, 0.2) is 53.1 Å². The minimum absolute atomic E-state index is 0.211. The largest absolute Gasteiger partial charge is 0.497 e. The molecule has 0 atom stereocenters. The van der Waals surface area contributed by atoms with Crippen LogP contribution in [-0.4, -0.2) is 12.3 Å². The average Bonchev–Trinajstić information content (AvgIpc) is 2.90. The molecule has 21 heavy (non-hydrogen) atoms. The Hall–Kier alpha value is -2.82. The third-order valence-corrected chi connectivity index (χ3v) is 3.19. The van der Waals surface area contributed by atoms with Crippen molar-refractivity contribution < 1.29 is 13.7 Å². The summed E-state index contributed by atoms with van der Waals surface area (Å²) in [6.45, 7) is 0. The number of rotatable bonds is 3.